The van der Waals surface area contributed by atoms with E-state index in [4.69, 9.17) is 4.74 Å². The van der Waals surface area contributed by atoms with Crippen LogP contribution in [0.1, 0.15) is 79.6 Å². The van der Waals surface area contributed by atoms with Gasteiger partial charge in [-0.05, 0) is 40.0 Å². The molecule has 1 unspecified atom stereocenters. The molecule has 2 heteroatoms. The normalized spacial score (nSPS) is 13.5. The highest BCUT2D eigenvalue weighted by Crippen LogP contribution is 2.19. The van der Waals surface area contributed by atoms with Gasteiger partial charge in [-0.1, -0.05) is 39.5 Å². The highest BCUT2D eigenvalue weighted by atomic mass is 16.5. The molecule has 0 aliphatic rings. The van der Waals surface area contributed by atoms with Crippen LogP contribution in [-0.4, -0.2) is 12.1 Å². The van der Waals surface area contributed by atoms with Gasteiger partial charge in [0.05, 0.1) is 5.41 Å². The third-order valence-corrected chi connectivity index (χ3v) is 2.97. The lowest BCUT2D eigenvalue weighted by molar-refractivity contribution is -0.159. The molecule has 0 fully saturated rings. The zero-order valence-electron chi connectivity index (χ0n) is 12.3. The van der Waals surface area contributed by atoms with Gasteiger partial charge in [0.15, 0.2) is 0 Å². The van der Waals surface area contributed by atoms with E-state index in [-0.39, 0.29) is 17.5 Å². The van der Waals surface area contributed by atoms with Crippen LogP contribution in [0.5, 0.6) is 0 Å². The van der Waals surface area contributed by atoms with Crippen molar-refractivity contribution >= 4 is 5.97 Å². The first-order valence-electron chi connectivity index (χ1n) is 7.12. The number of rotatable bonds is 8. The zero-order valence-corrected chi connectivity index (χ0v) is 12.3. The van der Waals surface area contributed by atoms with E-state index in [2.05, 4.69) is 13.8 Å². The van der Waals surface area contributed by atoms with Gasteiger partial charge in [-0.25, -0.2) is 0 Å². The minimum absolute atomic E-state index is 0.0714. The zero-order chi connectivity index (χ0) is 13.3. The van der Waals surface area contributed by atoms with E-state index in [0.29, 0.717) is 0 Å². The van der Waals surface area contributed by atoms with E-state index < -0.39 is 0 Å². The molecule has 0 aromatic rings. The van der Waals surface area contributed by atoms with Crippen molar-refractivity contribution in [2.45, 2.75) is 85.7 Å². The van der Waals surface area contributed by atoms with Crippen molar-refractivity contribution in [2.75, 3.05) is 0 Å². The maximum atomic E-state index is 11.7. The number of ether oxygens (including phenoxy) is 1. The Morgan fingerprint density at radius 1 is 1.06 bits per heavy atom. The molecule has 0 N–H and O–H groups in total. The molecule has 0 aromatic carbocycles. The molecule has 0 aromatic heterocycles. The summed E-state index contributed by atoms with van der Waals surface area (Å²) in [5.41, 5.74) is -0.379. The number of carbonyl (C=O) groups excluding carboxylic acids is 1. The summed E-state index contributed by atoms with van der Waals surface area (Å²) in [6.07, 6.45) is 8.39. The number of hydrogen-bond donors (Lipinski definition) is 0. The van der Waals surface area contributed by atoms with Crippen LogP contribution in [0, 0.1) is 5.41 Å². The molecule has 0 rings (SSSR count). The molecule has 0 saturated carbocycles. The minimum Gasteiger partial charge on any atom is -0.462 e. The highest BCUT2D eigenvalue weighted by molar-refractivity contribution is 5.75. The Labute approximate surface area is 107 Å². The number of esters is 1. The van der Waals surface area contributed by atoms with Gasteiger partial charge in [-0.2, -0.15) is 0 Å². The van der Waals surface area contributed by atoms with Crippen LogP contribution in [0.2, 0.25) is 0 Å². The number of hydrogen-bond acceptors (Lipinski definition) is 2. The fourth-order valence-electron chi connectivity index (χ4n) is 1.65. The molecule has 0 heterocycles. The highest BCUT2D eigenvalue weighted by Gasteiger charge is 2.25. The first kappa shape index (κ1) is 16.5. The van der Waals surface area contributed by atoms with Crippen LogP contribution < -0.4 is 0 Å². The monoisotopic (exact) mass is 242 g/mol. The van der Waals surface area contributed by atoms with Gasteiger partial charge in [0.1, 0.15) is 6.10 Å². The molecule has 17 heavy (non-hydrogen) atoms. The summed E-state index contributed by atoms with van der Waals surface area (Å²) in [5, 5.41) is 0. The van der Waals surface area contributed by atoms with Crippen molar-refractivity contribution in [3.8, 4) is 0 Å². The van der Waals surface area contributed by atoms with Gasteiger partial charge in [0.2, 0.25) is 0 Å². The maximum Gasteiger partial charge on any atom is 0.311 e. The van der Waals surface area contributed by atoms with E-state index in [1.165, 1.54) is 32.1 Å². The molecule has 0 radical (unpaired) electrons. The predicted octanol–water partition coefficient (Wildman–Crippen LogP) is 4.71. The van der Waals surface area contributed by atoms with E-state index in [1.807, 2.05) is 20.8 Å². The standard InChI is InChI=1S/C15H30O2/c1-6-8-9-10-11-12-13(7-2)17-14(16)15(3,4)5/h13H,6-12H2,1-5H3. The van der Waals surface area contributed by atoms with Crippen LogP contribution >= 0.6 is 0 Å². The largest absolute Gasteiger partial charge is 0.462 e. The van der Waals surface area contributed by atoms with Crippen molar-refractivity contribution in [2.24, 2.45) is 5.41 Å². The second-order valence-electron chi connectivity index (χ2n) is 5.89. The maximum absolute atomic E-state index is 11.7. The topological polar surface area (TPSA) is 26.3 Å². The van der Waals surface area contributed by atoms with Gasteiger partial charge in [0.25, 0.3) is 0 Å². The molecule has 0 aliphatic heterocycles. The molecule has 0 aliphatic carbocycles. The van der Waals surface area contributed by atoms with Crippen molar-refractivity contribution < 1.29 is 9.53 Å². The van der Waals surface area contributed by atoms with Crippen LogP contribution in [0.3, 0.4) is 0 Å². The fraction of sp³-hybridized carbons (Fsp3) is 0.933. The molecule has 2 nitrogen and oxygen atoms in total. The van der Waals surface area contributed by atoms with Crippen molar-refractivity contribution in [1.82, 2.24) is 0 Å². The Morgan fingerprint density at radius 3 is 2.12 bits per heavy atom. The van der Waals surface area contributed by atoms with E-state index in [9.17, 15) is 4.79 Å². The fourth-order valence-corrected chi connectivity index (χ4v) is 1.65. The number of carbonyl (C=O) groups is 1. The second-order valence-corrected chi connectivity index (χ2v) is 5.89. The first-order valence-corrected chi connectivity index (χ1v) is 7.12. The molecule has 0 bridgehead atoms. The lowest BCUT2D eigenvalue weighted by Gasteiger charge is -2.22. The Morgan fingerprint density at radius 2 is 1.65 bits per heavy atom. The van der Waals surface area contributed by atoms with Crippen LogP contribution in [-0.2, 0) is 9.53 Å². The quantitative estimate of drug-likeness (QED) is 0.455. The van der Waals surface area contributed by atoms with Gasteiger partial charge in [-0.15, -0.1) is 0 Å². The summed E-state index contributed by atoms with van der Waals surface area (Å²) in [6.45, 7) is 10.0. The van der Waals surface area contributed by atoms with Crippen LogP contribution in [0.25, 0.3) is 0 Å². The molecule has 0 saturated heterocycles. The SMILES string of the molecule is CCCCCCCC(CC)OC(=O)C(C)(C)C. The predicted molar refractivity (Wildman–Crippen MR) is 73.0 cm³/mol. The number of unbranched alkanes of at least 4 members (excludes halogenated alkanes) is 4. The average molecular weight is 242 g/mol. The minimum atomic E-state index is -0.379. The molecular weight excluding hydrogens is 212 g/mol. The van der Waals surface area contributed by atoms with Gasteiger partial charge in [0, 0.05) is 0 Å². The Kier molecular flexibility index (Phi) is 8.28. The molecular formula is C15H30O2. The van der Waals surface area contributed by atoms with Gasteiger partial charge < -0.3 is 4.74 Å². The third-order valence-electron chi connectivity index (χ3n) is 2.97. The van der Waals surface area contributed by atoms with Gasteiger partial charge >= 0.3 is 5.97 Å². The smallest absolute Gasteiger partial charge is 0.311 e. The van der Waals surface area contributed by atoms with Gasteiger partial charge in [-0.3, -0.25) is 4.79 Å². The average Bonchev–Trinajstić information content (AvgIpc) is 2.25. The second kappa shape index (κ2) is 8.54. The molecule has 102 valence electrons. The van der Waals surface area contributed by atoms with Crippen LogP contribution in [0.4, 0.5) is 0 Å². The van der Waals surface area contributed by atoms with Crippen LogP contribution in [0.15, 0.2) is 0 Å². The molecule has 1 atom stereocenters. The van der Waals surface area contributed by atoms with Crippen molar-refractivity contribution in [3.63, 3.8) is 0 Å². The summed E-state index contributed by atoms with van der Waals surface area (Å²) >= 11 is 0. The molecule has 0 amide bonds. The lowest BCUT2D eigenvalue weighted by Crippen LogP contribution is -2.28. The Bertz CT molecular complexity index is 203. The lowest BCUT2D eigenvalue weighted by atomic mass is 9.97. The Balaban J connectivity index is 3.81. The third kappa shape index (κ3) is 8.23. The van der Waals surface area contributed by atoms with Crippen molar-refractivity contribution in [1.29, 1.82) is 0 Å². The summed E-state index contributed by atoms with van der Waals surface area (Å²) in [6, 6.07) is 0. The molecule has 0 spiro atoms. The summed E-state index contributed by atoms with van der Waals surface area (Å²) < 4.78 is 5.53. The van der Waals surface area contributed by atoms with E-state index in [1.54, 1.807) is 0 Å². The van der Waals surface area contributed by atoms with E-state index in [0.717, 1.165) is 12.8 Å². The summed E-state index contributed by atoms with van der Waals surface area (Å²) in [4.78, 5) is 11.7. The first-order chi connectivity index (χ1) is 7.91. The summed E-state index contributed by atoms with van der Waals surface area (Å²) in [7, 11) is 0. The van der Waals surface area contributed by atoms with Crippen molar-refractivity contribution in [3.05, 3.63) is 0 Å². The summed E-state index contributed by atoms with van der Waals surface area (Å²) in [5.74, 6) is -0.0714. The van der Waals surface area contributed by atoms with E-state index >= 15 is 0 Å². The Hall–Kier alpha value is -0.530.